The van der Waals surface area contributed by atoms with E-state index in [0.29, 0.717) is 24.6 Å². The number of non-ortho nitro benzene ring substituents is 1. The van der Waals surface area contributed by atoms with Gasteiger partial charge in [-0.25, -0.2) is 0 Å². The Hall–Kier alpha value is -2.47. The van der Waals surface area contributed by atoms with Gasteiger partial charge in [-0.05, 0) is 36.8 Å². The minimum atomic E-state index is -0.430. The number of aromatic nitrogens is 1. The highest BCUT2D eigenvalue weighted by Gasteiger charge is 2.07. The van der Waals surface area contributed by atoms with Crippen molar-refractivity contribution >= 4 is 5.69 Å². The Morgan fingerprint density at radius 2 is 1.95 bits per heavy atom. The Bertz CT molecular complexity index is 612. The van der Waals surface area contributed by atoms with Crippen LogP contribution in [-0.4, -0.2) is 9.91 Å². The maximum Gasteiger partial charge on any atom is 0.269 e. The molecule has 0 aliphatic heterocycles. The summed E-state index contributed by atoms with van der Waals surface area (Å²) in [7, 11) is 0. The van der Waals surface area contributed by atoms with Crippen LogP contribution in [0.15, 0.2) is 36.4 Å². The van der Waals surface area contributed by atoms with Crippen LogP contribution < -0.4 is 10.5 Å². The highest BCUT2D eigenvalue weighted by molar-refractivity contribution is 5.33. The van der Waals surface area contributed by atoms with Gasteiger partial charge in [-0.15, -0.1) is 0 Å². The van der Waals surface area contributed by atoms with Crippen molar-refractivity contribution in [1.29, 1.82) is 0 Å². The molecular formula is C14H15N3O3. The van der Waals surface area contributed by atoms with E-state index in [2.05, 4.69) is 4.98 Å². The van der Waals surface area contributed by atoms with Gasteiger partial charge in [0.1, 0.15) is 12.4 Å². The molecule has 6 nitrogen and oxygen atoms in total. The van der Waals surface area contributed by atoms with Crippen molar-refractivity contribution in [2.24, 2.45) is 5.73 Å². The van der Waals surface area contributed by atoms with E-state index in [1.54, 1.807) is 12.1 Å². The normalized spacial score (nSPS) is 10.3. The molecule has 2 aromatic rings. The van der Waals surface area contributed by atoms with Crippen LogP contribution in [0.2, 0.25) is 0 Å². The maximum absolute atomic E-state index is 10.6. The van der Waals surface area contributed by atoms with Crippen molar-refractivity contribution in [3.05, 3.63) is 63.5 Å². The lowest BCUT2D eigenvalue weighted by molar-refractivity contribution is -0.384. The largest absolute Gasteiger partial charge is 0.487 e. The molecule has 0 fully saturated rings. The zero-order valence-corrected chi connectivity index (χ0v) is 11.1. The molecule has 0 saturated carbocycles. The molecule has 0 radical (unpaired) electrons. The Morgan fingerprint density at radius 3 is 2.55 bits per heavy atom. The van der Waals surface area contributed by atoms with E-state index >= 15 is 0 Å². The molecule has 0 aliphatic carbocycles. The first-order valence-electron chi connectivity index (χ1n) is 6.13. The van der Waals surface area contributed by atoms with Crippen molar-refractivity contribution in [3.63, 3.8) is 0 Å². The summed E-state index contributed by atoms with van der Waals surface area (Å²) in [5.74, 6) is 0.636. The number of aryl methyl sites for hydroxylation is 1. The fourth-order valence-electron chi connectivity index (χ4n) is 1.75. The van der Waals surface area contributed by atoms with Crippen molar-refractivity contribution in [1.82, 2.24) is 4.98 Å². The third-order valence-electron chi connectivity index (χ3n) is 2.81. The highest BCUT2D eigenvalue weighted by Crippen LogP contribution is 2.19. The number of pyridine rings is 1. The lowest BCUT2D eigenvalue weighted by atomic mass is 10.2. The molecule has 0 amide bonds. The standard InChI is InChI=1S/C14H15N3O3/c1-10-2-7-14(13(8-15)16-10)20-9-11-3-5-12(6-4-11)17(18)19/h2-7H,8-9,15H2,1H3. The summed E-state index contributed by atoms with van der Waals surface area (Å²) >= 11 is 0. The minimum Gasteiger partial charge on any atom is -0.487 e. The molecule has 104 valence electrons. The van der Waals surface area contributed by atoms with Gasteiger partial charge < -0.3 is 10.5 Å². The van der Waals surface area contributed by atoms with E-state index in [1.807, 2.05) is 19.1 Å². The second-order valence-corrected chi connectivity index (χ2v) is 4.31. The van der Waals surface area contributed by atoms with Gasteiger partial charge in [0.05, 0.1) is 10.6 Å². The van der Waals surface area contributed by atoms with E-state index in [9.17, 15) is 10.1 Å². The van der Waals surface area contributed by atoms with Gasteiger partial charge in [-0.3, -0.25) is 15.1 Å². The molecule has 0 atom stereocenters. The van der Waals surface area contributed by atoms with Gasteiger partial charge in [-0.2, -0.15) is 0 Å². The molecule has 2 N–H and O–H groups in total. The van der Waals surface area contributed by atoms with Crippen LogP contribution in [0.1, 0.15) is 17.0 Å². The summed E-state index contributed by atoms with van der Waals surface area (Å²) in [6, 6.07) is 9.93. The molecule has 0 saturated heterocycles. The SMILES string of the molecule is Cc1ccc(OCc2ccc([N+](=O)[O-])cc2)c(CN)n1. The summed E-state index contributed by atoms with van der Waals surface area (Å²) in [6.45, 7) is 2.51. The molecule has 0 aliphatic rings. The van der Waals surface area contributed by atoms with Gasteiger partial charge in [0.15, 0.2) is 0 Å². The molecule has 1 aromatic heterocycles. The smallest absolute Gasteiger partial charge is 0.269 e. The highest BCUT2D eigenvalue weighted by atomic mass is 16.6. The number of nitro groups is 1. The molecule has 0 bridgehead atoms. The average Bonchev–Trinajstić information content (AvgIpc) is 2.46. The van der Waals surface area contributed by atoms with Crippen LogP contribution in [-0.2, 0) is 13.2 Å². The second-order valence-electron chi connectivity index (χ2n) is 4.31. The Balaban J connectivity index is 2.06. The molecule has 6 heteroatoms. The first-order chi connectivity index (χ1) is 9.60. The van der Waals surface area contributed by atoms with E-state index in [4.69, 9.17) is 10.5 Å². The minimum absolute atomic E-state index is 0.0633. The van der Waals surface area contributed by atoms with Gasteiger partial charge in [0, 0.05) is 24.4 Å². The van der Waals surface area contributed by atoms with Crippen molar-refractivity contribution in [2.45, 2.75) is 20.1 Å². The number of hydrogen-bond acceptors (Lipinski definition) is 5. The zero-order valence-electron chi connectivity index (χ0n) is 11.1. The molecule has 1 heterocycles. The predicted molar refractivity (Wildman–Crippen MR) is 74.3 cm³/mol. The maximum atomic E-state index is 10.6. The topological polar surface area (TPSA) is 91.3 Å². The van der Waals surface area contributed by atoms with Crippen LogP contribution in [0.4, 0.5) is 5.69 Å². The van der Waals surface area contributed by atoms with Crippen LogP contribution in [0.3, 0.4) is 0 Å². The number of nitrogens with two attached hydrogens (primary N) is 1. The number of nitro benzene ring substituents is 1. The summed E-state index contributed by atoms with van der Waals surface area (Å²) in [5.41, 5.74) is 8.12. The Labute approximate surface area is 116 Å². The first kappa shape index (κ1) is 14.0. The molecule has 2 rings (SSSR count). The fraction of sp³-hybridized carbons (Fsp3) is 0.214. The number of ether oxygens (including phenoxy) is 1. The Morgan fingerprint density at radius 1 is 1.25 bits per heavy atom. The first-order valence-corrected chi connectivity index (χ1v) is 6.13. The molecular weight excluding hydrogens is 258 g/mol. The van der Waals surface area contributed by atoms with Crippen molar-refractivity contribution < 1.29 is 9.66 Å². The summed E-state index contributed by atoms with van der Waals surface area (Å²) in [6.07, 6.45) is 0. The average molecular weight is 273 g/mol. The van der Waals surface area contributed by atoms with Gasteiger partial charge in [0.25, 0.3) is 5.69 Å². The fourth-order valence-corrected chi connectivity index (χ4v) is 1.75. The molecule has 1 aromatic carbocycles. The van der Waals surface area contributed by atoms with E-state index in [0.717, 1.165) is 11.3 Å². The van der Waals surface area contributed by atoms with Gasteiger partial charge in [0.2, 0.25) is 0 Å². The van der Waals surface area contributed by atoms with E-state index in [1.165, 1.54) is 12.1 Å². The molecule has 20 heavy (non-hydrogen) atoms. The lowest BCUT2D eigenvalue weighted by Gasteiger charge is -2.10. The lowest BCUT2D eigenvalue weighted by Crippen LogP contribution is -2.05. The van der Waals surface area contributed by atoms with E-state index < -0.39 is 4.92 Å². The van der Waals surface area contributed by atoms with Crippen LogP contribution in [0, 0.1) is 17.0 Å². The van der Waals surface area contributed by atoms with Gasteiger partial charge >= 0.3 is 0 Å². The predicted octanol–water partition coefficient (Wildman–Crippen LogP) is 2.34. The van der Waals surface area contributed by atoms with Crippen molar-refractivity contribution in [2.75, 3.05) is 0 Å². The third kappa shape index (κ3) is 3.30. The summed E-state index contributed by atoms with van der Waals surface area (Å²) in [4.78, 5) is 14.4. The number of hydrogen-bond donors (Lipinski definition) is 1. The van der Waals surface area contributed by atoms with Gasteiger partial charge in [-0.1, -0.05) is 0 Å². The van der Waals surface area contributed by atoms with Crippen molar-refractivity contribution in [3.8, 4) is 5.75 Å². The summed E-state index contributed by atoms with van der Waals surface area (Å²) in [5, 5.41) is 10.6. The van der Waals surface area contributed by atoms with Crippen LogP contribution in [0.25, 0.3) is 0 Å². The monoisotopic (exact) mass is 273 g/mol. The number of benzene rings is 1. The number of nitrogens with zero attached hydrogens (tertiary/aromatic N) is 2. The van der Waals surface area contributed by atoms with Crippen LogP contribution >= 0.6 is 0 Å². The number of rotatable bonds is 5. The van der Waals surface area contributed by atoms with Crippen LogP contribution in [0.5, 0.6) is 5.75 Å². The molecule has 0 unspecified atom stereocenters. The Kier molecular flexibility index (Phi) is 4.27. The summed E-state index contributed by atoms with van der Waals surface area (Å²) < 4.78 is 5.66. The third-order valence-corrected chi connectivity index (χ3v) is 2.81. The molecule has 0 spiro atoms. The van der Waals surface area contributed by atoms with E-state index in [-0.39, 0.29) is 5.69 Å². The second kappa shape index (κ2) is 6.12. The zero-order chi connectivity index (χ0) is 14.5. The quantitative estimate of drug-likeness (QED) is 0.666.